The molecule has 1 amide bonds. The van der Waals surface area contributed by atoms with E-state index in [-0.39, 0.29) is 11.7 Å². The standard InChI is InChI=1S/C11H20N2O2/c1-3-13(4-2)11(15)9-12-7-5-6-10(14)8-12/h3-9H2,1-2H3. The van der Waals surface area contributed by atoms with E-state index in [0.29, 0.717) is 19.5 Å². The van der Waals surface area contributed by atoms with Gasteiger partial charge in [-0.1, -0.05) is 0 Å². The summed E-state index contributed by atoms with van der Waals surface area (Å²) in [6.45, 7) is 7.17. The molecule has 0 unspecified atom stereocenters. The molecule has 0 atom stereocenters. The van der Waals surface area contributed by atoms with Crippen LogP contribution in [0.3, 0.4) is 0 Å². The van der Waals surface area contributed by atoms with E-state index in [1.807, 2.05) is 18.7 Å². The lowest BCUT2D eigenvalue weighted by Crippen LogP contribution is -2.44. The van der Waals surface area contributed by atoms with Gasteiger partial charge in [-0.25, -0.2) is 0 Å². The number of Topliss-reactive ketones (excluding diaryl/α,β-unsaturated/α-hetero) is 1. The van der Waals surface area contributed by atoms with Gasteiger partial charge in [0.05, 0.1) is 13.1 Å². The topological polar surface area (TPSA) is 40.6 Å². The smallest absolute Gasteiger partial charge is 0.236 e. The Morgan fingerprint density at radius 2 is 2.07 bits per heavy atom. The van der Waals surface area contributed by atoms with Gasteiger partial charge in [0.15, 0.2) is 0 Å². The second kappa shape index (κ2) is 5.85. The maximum Gasteiger partial charge on any atom is 0.236 e. The largest absolute Gasteiger partial charge is 0.342 e. The minimum atomic E-state index is 0.134. The van der Waals surface area contributed by atoms with Gasteiger partial charge < -0.3 is 4.90 Å². The van der Waals surface area contributed by atoms with Crippen LogP contribution in [0.15, 0.2) is 0 Å². The van der Waals surface area contributed by atoms with Crippen molar-refractivity contribution in [1.29, 1.82) is 0 Å². The Morgan fingerprint density at radius 3 is 2.60 bits per heavy atom. The van der Waals surface area contributed by atoms with E-state index in [0.717, 1.165) is 26.1 Å². The summed E-state index contributed by atoms with van der Waals surface area (Å²) in [5, 5.41) is 0. The first-order valence-corrected chi connectivity index (χ1v) is 5.69. The van der Waals surface area contributed by atoms with Gasteiger partial charge in [-0.05, 0) is 26.8 Å². The minimum Gasteiger partial charge on any atom is -0.342 e. The molecule has 1 heterocycles. The summed E-state index contributed by atoms with van der Waals surface area (Å²) >= 11 is 0. The van der Waals surface area contributed by atoms with Crippen LogP contribution in [0.25, 0.3) is 0 Å². The number of likely N-dealkylation sites (tertiary alicyclic amines) is 1. The Labute approximate surface area is 91.2 Å². The van der Waals surface area contributed by atoms with E-state index < -0.39 is 0 Å². The van der Waals surface area contributed by atoms with Crippen LogP contribution >= 0.6 is 0 Å². The van der Waals surface area contributed by atoms with E-state index in [2.05, 4.69) is 0 Å². The van der Waals surface area contributed by atoms with Crippen molar-refractivity contribution >= 4 is 11.7 Å². The van der Waals surface area contributed by atoms with Crippen molar-refractivity contribution in [2.24, 2.45) is 0 Å². The molecule has 0 aliphatic carbocycles. The van der Waals surface area contributed by atoms with Crippen LogP contribution in [0.2, 0.25) is 0 Å². The third-order valence-corrected chi connectivity index (χ3v) is 2.80. The molecule has 1 fully saturated rings. The molecule has 0 aromatic rings. The first-order valence-electron chi connectivity index (χ1n) is 5.69. The molecule has 4 heteroatoms. The van der Waals surface area contributed by atoms with Crippen molar-refractivity contribution in [3.05, 3.63) is 0 Å². The van der Waals surface area contributed by atoms with Gasteiger partial charge in [0.2, 0.25) is 5.91 Å². The van der Waals surface area contributed by atoms with Gasteiger partial charge >= 0.3 is 0 Å². The van der Waals surface area contributed by atoms with Crippen LogP contribution in [-0.2, 0) is 9.59 Å². The Bertz CT molecular complexity index is 237. The Kier molecular flexibility index (Phi) is 4.75. The summed E-state index contributed by atoms with van der Waals surface area (Å²) in [5.74, 6) is 0.392. The van der Waals surface area contributed by atoms with Crippen molar-refractivity contribution < 1.29 is 9.59 Å². The molecule has 0 spiro atoms. The summed E-state index contributed by atoms with van der Waals surface area (Å²) in [4.78, 5) is 26.7. The summed E-state index contributed by atoms with van der Waals surface area (Å²) in [6, 6.07) is 0. The predicted octanol–water partition coefficient (Wildman–Crippen LogP) is 0.520. The lowest BCUT2D eigenvalue weighted by atomic mass is 10.1. The zero-order chi connectivity index (χ0) is 11.3. The summed E-state index contributed by atoms with van der Waals surface area (Å²) < 4.78 is 0. The fourth-order valence-corrected chi connectivity index (χ4v) is 1.91. The molecule has 86 valence electrons. The summed E-state index contributed by atoms with van der Waals surface area (Å²) in [7, 11) is 0. The minimum absolute atomic E-state index is 0.134. The third-order valence-electron chi connectivity index (χ3n) is 2.80. The third kappa shape index (κ3) is 3.63. The van der Waals surface area contributed by atoms with Crippen LogP contribution in [0, 0.1) is 0 Å². The molecule has 0 aromatic carbocycles. The van der Waals surface area contributed by atoms with E-state index in [9.17, 15) is 9.59 Å². The number of hydrogen-bond acceptors (Lipinski definition) is 3. The van der Waals surface area contributed by atoms with E-state index >= 15 is 0 Å². The average Bonchev–Trinajstić information content (AvgIpc) is 2.19. The van der Waals surface area contributed by atoms with Crippen molar-refractivity contribution in [1.82, 2.24) is 9.80 Å². The SMILES string of the molecule is CCN(CC)C(=O)CN1CCCC(=O)C1. The second-order valence-corrected chi connectivity index (χ2v) is 3.92. The highest BCUT2D eigenvalue weighted by Crippen LogP contribution is 2.05. The molecule has 0 radical (unpaired) electrons. The molecule has 0 saturated carbocycles. The molecule has 1 aliphatic heterocycles. The van der Waals surface area contributed by atoms with Crippen LogP contribution < -0.4 is 0 Å². The van der Waals surface area contributed by atoms with Gasteiger partial charge in [-0.15, -0.1) is 0 Å². The maximum atomic E-state index is 11.8. The molecular formula is C11H20N2O2. The normalized spacial score (nSPS) is 17.9. The van der Waals surface area contributed by atoms with Gasteiger partial charge in [0, 0.05) is 19.5 Å². The number of carbonyl (C=O) groups excluding carboxylic acids is 2. The van der Waals surface area contributed by atoms with Crippen LogP contribution in [0.1, 0.15) is 26.7 Å². The lowest BCUT2D eigenvalue weighted by molar-refractivity contribution is -0.133. The lowest BCUT2D eigenvalue weighted by Gasteiger charge is -2.27. The molecule has 15 heavy (non-hydrogen) atoms. The van der Waals surface area contributed by atoms with Crippen LogP contribution in [-0.4, -0.2) is 54.2 Å². The fraction of sp³-hybridized carbons (Fsp3) is 0.818. The molecule has 0 aromatic heterocycles. The molecule has 0 bridgehead atoms. The number of amides is 1. The first-order chi connectivity index (χ1) is 7.17. The van der Waals surface area contributed by atoms with Crippen molar-refractivity contribution in [2.75, 3.05) is 32.7 Å². The van der Waals surface area contributed by atoms with E-state index in [4.69, 9.17) is 0 Å². The predicted molar refractivity (Wildman–Crippen MR) is 58.6 cm³/mol. The number of ketones is 1. The van der Waals surface area contributed by atoms with Crippen molar-refractivity contribution in [3.63, 3.8) is 0 Å². The number of piperidine rings is 1. The van der Waals surface area contributed by atoms with Crippen molar-refractivity contribution in [2.45, 2.75) is 26.7 Å². The summed E-state index contributed by atoms with van der Waals surface area (Å²) in [5.41, 5.74) is 0. The van der Waals surface area contributed by atoms with Crippen LogP contribution in [0.5, 0.6) is 0 Å². The van der Waals surface area contributed by atoms with Gasteiger partial charge in [-0.2, -0.15) is 0 Å². The Balaban J connectivity index is 2.39. The molecular weight excluding hydrogens is 192 g/mol. The van der Waals surface area contributed by atoms with Crippen LogP contribution in [0.4, 0.5) is 0 Å². The Morgan fingerprint density at radius 1 is 1.40 bits per heavy atom. The van der Waals surface area contributed by atoms with E-state index in [1.165, 1.54) is 0 Å². The number of likely N-dealkylation sites (N-methyl/N-ethyl adjacent to an activating group) is 1. The van der Waals surface area contributed by atoms with Gasteiger partial charge in [0.25, 0.3) is 0 Å². The number of nitrogens with zero attached hydrogens (tertiary/aromatic N) is 2. The molecule has 1 rings (SSSR count). The van der Waals surface area contributed by atoms with Gasteiger partial charge in [0.1, 0.15) is 5.78 Å². The molecule has 1 aliphatic rings. The van der Waals surface area contributed by atoms with Crippen molar-refractivity contribution in [3.8, 4) is 0 Å². The molecule has 4 nitrogen and oxygen atoms in total. The highest BCUT2D eigenvalue weighted by molar-refractivity contribution is 5.83. The Hall–Kier alpha value is -0.900. The summed E-state index contributed by atoms with van der Waals surface area (Å²) in [6.07, 6.45) is 1.57. The second-order valence-electron chi connectivity index (χ2n) is 3.92. The highest BCUT2D eigenvalue weighted by Gasteiger charge is 2.20. The monoisotopic (exact) mass is 212 g/mol. The zero-order valence-electron chi connectivity index (χ0n) is 9.66. The highest BCUT2D eigenvalue weighted by atomic mass is 16.2. The fourth-order valence-electron chi connectivity index (χ4n) is 1.91. The molecule has 1 saturated heterocycles. The molecule has 0 N–H and O–H groups in total. The number of carbonyl (C=O) groups is 2. The van der Waals surface area contributed by atoms with E-state index in [1.54, 1.807) is 4.90 Å². The van der Waals surface area contributed by atoms with Gasteiger partial charge in [-0.3, -0.25) is 14.5 Å². The first kappa shape index (κ1) is 12.2. The zero-order valence-corrected chi connectivity index (χ0v) is 9.66. The average molecular weight is 212 g/mol. The number of hydrogen-bond donors (Lipinski definition) is 0. The maximum absolute atomic E-state index is 11.8. The number of rotatable bonds is 4. The quantitative estimate of drug-likeness (QED) is 0.682.